The van der Waals surface area contributed by atoms with Gasteiger partial charge in [-0.25, -0.2) is 4.99 Å². The van der Waals surface area contributed by atoms with E-state index in [1.54, 1.807) is 0 Å². The average molecular weight is 253 g/mol. The number of nitrogens with two attached hydrogens (primary N) is 1. The quantitative estimate of drug-likeness (QED) is 0.485. The van der Waals surface area contributed by atoms with Crippen LogP contribution >= 0.6 is 11.6 Å². The van der Waals surface area contributed by atoms with E-state index in [9.17, 15) is 0 Å². The van der Waals surface area contributed by atoms with Crippen LogP contribution in [0.5, 0.6) is 0 Å². The molecule has 0 bridgehead atoms. The van der Waals surface area contributed by atoms with Gasteiger partial charge in [0.05, 0.1) is 17.3 Å². The molecule has 1 aromatic carbocycles. The second-order valence-electron chi connectivity index (χ2n) is 3.96. The molecule has 5 heteroatoms. The number of alkyl halides is 1. The third kappa shape index (κ3) is 3.11. The van der Waals surface area contributed by atoms with Gasteiger partial charge in [0, 0.05) is 26.2 Å². The highest BCUT2D eigenvalue weighted by Crippen LogP contribution is 2.28. The molecule has 1 aliphatic rings. The molecule has 17 heavy (non-hydrogen) atoms. The van der Waals surface area contributed by atoms with Crippen molar-refractivity contribution < 1.29 is 0 Å². The van der Waals surface area contributed by atoms with Gasteiger partial charge < -0.3 is 16.0 Å². The Kier molecular flexibility index (Phi) is 4.23. The molecule has 1 aromatic rings. The van der Waals surface area contributed by atoms with E-state index in [1.807, 2.05) is 18.2 Å². The summed E-state index contributed by atoms with van der Waals surface area (Å²) >= 11 is 5.66. The fraction of sp³-hybridized carbons (Fsp3) is 0.417. The SMILES string of the molecule is NC(CCl)=Nc1ccccc1N1CCNCC1. The molecular weight excluding hydrogens is 236 g/mol. The monoisotopic (exact) mass is 252 g/mol. The van der Waals surface area contributed by atoms with Crippen LogP contribution in [0, 0.1) is 0 Å². The van der Waals surface area contributed by atoms with Gasteiger partial charge in [0.25, 0.3) is 0 Å². The van der Waals surface area contributed by atoms with Crippen molar-refractivity contribution in [2.75, 3.05) is 37.0 Å². The fourth-order valence-electron chi connectivity index (χ4n) is 1.92. The van der Waals surface area contributed by atoms with Crippen LogP contribution in [0.3, 0.4) is 0 Å². The average Bonchev–Trinajstić information content (AvgIpc) is 2.40. The van der Waals surface area contributed by atoms with Crippen LogP contribution in [0.2, 0.25) is 0 Å². The molecule has 0 radical (unpaired) electrons. The Bertz CT molecular complexity index is 399. The highest BCUT2D eigenvalue weighted by atomic mass is 35.5. The Morgan fingerprint density at radius 3 is 2.76 bits per heavy atom. The maximum atomic E-state index is 5.69. The lowest BCUT2D eigenvalue weighted by Crippen LogP contribution is -2.43. The molecule has 1 fully saturated rings. The van der Waals surface area contributed by atoms with Crippen LogP contribution in [0.1, 0.15) is 0 Å². The number of piperazine rings is 1. The summed E-state index contributed by atoms with van der Waals surface area (Å²) < 4.78 is 0. The normalized spacial score (nSPS) is 17.2. The minimum atomic E-state index is 0.260. The molecule has 1 aliphatic heterocycles. The van der Waals surface area contributed by atoms with Crippen molar-refractivity contribution in [2.45, 2.75) is 0 Å². The molecule has 0 aliphatic carbocycles. The van der Waals surface area contributed by atoms with Gasteiger partial charge in [-0.1, -0.05) is 12.1 Å². The number of hydrogen-bond acceptors (Lipinski definition) is 3. The van der Waals surface area contributed by atoms with Gasteiger partial charge in [0.1, 0.15) is 5.84 Å². The van der Waals surface area contributed by atoms with Crippen molar-refractivity contribution in [3.05, 3.63) is 24.3 Å². The van der Waals surface area contributed by atoms with Crippen LogP contribution in [0.15, 0.2) is 29.3 Å². The number of anilines is 1. The minimum Gasteiger partial charge on any atom is -0.386 e. The first-order valence-corrected chi connectivity index (χ1v) is 6.28. The van der Waals surface area contributed by atoms with Gasteiger partial charge in [-0.2, -0.15) is 0 Å². The lowest BCUT2D eigenvalue weighted by Gasteiger charge is -2.30. The summed E-state index contributed by atoms with van der Waals surface area (Å²) in [6, 6.07) is 8.03. The summed E-state index contributed by atoms with van der Waals surface area (Å²) in [5, 5.41) is 3.33. The van der Waals surface area contributed by atoms with E-state index in [1.165, 1.54) is 0 Å². The molecule has 1 saturated heterocycles. The number of hydrogen-bond donors (Lipinski definition) is 2. The lowest BCUT2D eigenvalue weighted by molar-refractivity contribution is 0.589. The Hall–Kier alpha value is -1.26. The van der Waals surface area contributed by atoms with E-state index in [0.717, 1.165) is 37.6 Å². The van der Waals surface area contributed by atoms with Gasteiger partial charge in [0.15, 0.2) is 0 Å². The van der Waals surface area contributed by atoms with E-state index >= 15 is 0 Å². The Morgan fingerprint density at radius 1 is 1.35 bits per heavy atom. The van der Waals surface area contributed by atoms with Gasteiger partial charge in [0.2, 0.25) is 0 Å². The lowest BCUT2D eigenvalue weighted by atomic mass is 10.2. The van der Waals surface area contributed by atoms with Crippen molar-refractivity contribution in [1.82, 2.24) is 5.32 Å². The minimum absolute atomic E-state index is 0.260. The summed E-state index contributed by atoms with van der Waals surface area (Å²) in [4.78, 5) is 6.67. The summed E-state index contributed by atoms with van der Waals surface area (Å²) in [6.45, 7) is 3.99. The number of halogens is 1. The largest absolute Gasteiger partial charge is 0.386 e. The molecule has 92 valence electrons. The fourth-order valence-corrected chi connectivity index (χ4v) is 1.98. The van der Waals surface area contributed by atoms with E-state index in [4.69, 9.17) is 17.3 Å². The Balaban J connectivity index is 2.26. The molecule has 0 atom stereocenters. The molecule has 4 nitrogen and oxygen atoms in total. The van der Waals surface area contributed by atoms with Crippen LogP contribution in [0.4, 0.5) is 11.4 Å². The van der Waals surface area contributed by atoms with Crippen molar-refractivity contribution in [3.8, 4) is 0 Å². The van der Waals surface area contributed by atoms with Gasteiger partial charge in [-0.3, -0.25) is 0 Å². The van der Waals surface area contributed by atoms with Crippen molar-refractivity contribution in [1.29, 1.82) is 0 Å². The first kappa shape index (κ1) is 12.2. The molecule has 2 rings (SSSR count). The zero-order valence-electron chi connectivity index (χ0n) is 9.69. The van der Waals surface area contributed by atoms with E-state index in [-0.39, 0.29) is 5.88 Å². The molecule has 1 heterocycles. The molecule has 3 N–H and O–H groups in total. The van der Waals surface area contributed by atoms with Crippen LogP contribution in [-0.4, -0.2) is 37.9 Å². The smallest absolute Gasteiger partial charge is 0.115 e. The number of aliphatic imine (C=N–C) groups is 1. The summed E-state index contributed by atoms with van der Waals surface area (Å²) in [7, 11) is 0. The number of para-hydroxylation sites is 2. The van der Waals surface area contributed by atoms with E-state index in [0.29, 0.717) is 5.84 Å². The van der Waals surface area contributed by atoms with Crippen molar-refractivity contribution in [2.24, 2.45) is 10.7 Å². The predicted molar refractivity (Wildman–Crippen MR) is 73.5 cm³/mol. The first-order valence-electron chi connectivity index (χ1n) is 5.75. The number of rotatable bonds is 3. The van der Waals surface area contributed by atoms with Gasteiger partial charge in [-0.05, 0) is 12.1 Å². The second kappa shape index (κ2) is 5.89. The second-order valence-corrected chi connectivity index (χ2v) is 4.23. The Morgan fingerprint density at radius 2 is 2.06 bits per heavy atom. The zero-order chi connectivity index (χ0) is 12.1. The highest BCUT2D eigenvalue weighted by molar-refractivity contribution is 6.28. The number of amidine groups is 1. The Labute approximate surface area is 106 Å². The maximum Gasteiger partial charge on any atom is 0.115 e. The molecule has 0 spiro atoms. The van der Waals surface area contributed by atoms with E-state index in [2.05, 4.69) is 21.3 Å². The standard InChI is InChI=1S/C12H17ClN4/c13-9-12(14)16-10-3-1-2-4-11(10)17-7-5-15-6-8-17/h1-4,15H,5-9H2,(H2,14,16). The number of benzene rings is 1. The maximum absolute atomic E-state index is 5.69. The van der Waals surface area contributed by atoms with Gasteiger partial charge in [-0.15, -0.1) is 11.6 Å². The predicted octanol–water partition coefficient (Wildman–Crippen LogP) is 1.32. The molecule has 0 unspecified atom stereocenters. The summed E-state index contributed by atoms with van der Waals surface area (Å²) in [6.07, 6.45) is 0. The number of nitrogens with one attached hydrogen (secondary N) is 1. The molecule has 0 amide bonds. The molecule has 0 aromatic heterocycles. The van der Waals surface area contributed by atoms with Crippen LogP contribution < -0.4 is 16.0 Å². The number of nitrogens with zero attached hydrogens (tertiary/aromatic N) is 2. The van der Waals surface area contributed by atoms with E-state index < -0.39 is 0 Å². The van der Waals surface area contributed by atoms with Crippen molar-refractivity contribution in [3.63, 3.8) is 0 Å². The van der Waals surface area contributed by atoms with Gasteiger partial charge >= 0.3 is 0 Å². The topological polar surface area (TPSA) is 53.6 Å². The van der Waals surface area contributed by atoms with Crippen molar-refractivity contribution >= 4 is 28.8 Å². The zero-order valence-corrected chi connectivity index (χ0v) is 10.5. The van der Waals surface area contributed by atoms with Crippen LogP contribution in [0.25, 0.3) is 0 Å². The molecule has 0 saturated carbocycles. The third-order valence-electron chi connectivity index (χ3n) is 2.74. The first-order chi connectivity index (χ1) is 8.31. The van der Waals surface area contributed by atoms with Crippen LogP contribution in [-0.2, 0) is 0 Å². The summed E-state index contributed by atoms with van der Waals surface area (Å²) in [5.74, 6) is 0.713. The summed E-state index contributed by atoms with van der Waals surface area (Å²) in [5.41, 5.74) is 7.71. The molecular formula is C12H17ClN4. The highest BCUT2D eigenvalue weighted by Gasteiger charge is 2.13. The third-order valence-corrected chi connectivity index (χ3v) is 3.01.